The third kappa shape index (κ3) is 1.94. The van der Waals surface area contributed by atoms with E-state index in [4.69, 9.17) is 10.8 Å². The van der Waals surface area contributed by atoms with Crippen LogP contribution < -0.4 is 11.3 Å². The monoisotopic (exact) mass is 182 g/mol. The summed E-state index contributed by atoms with van der Waals surface area (Å²) in [4.78, 5) is 23.8. The van der Waals surface area contributed by atoms with Crippen LogP contribution in [0.3, 0.4) is 0 Å². The molecule has 1 rings (SSSR count). The molecule has 4 N–H and O–H groups in total. The molecule has 13 heavy (non-hydrogen) atoms. The summed E-state index contributed by atoms with van der Waals surface area (Å²) in [5.41, 5.74) is 5.22. The minimum absolute atomic E-state index is 0.283. The van der Waals surface area contributed by atoms with E-state index in [9.17, 15) is 9.59 Å². The predicted octanol–water partition coefficient (Wildman–Crippen LogP) is 0.0928. The second kappa shape index (κ2) is 3.40. The molecule has 0 radical (unpaired) electrons. The number of hydrogen-bond acceptors (Lipinski definition) is 3. The summed E-state index contributed by atoms with van der Waals surface area (Å²) >= 11 is 0. The van der Waals surface area contributed by atoms with Crippen molar-refractivity contribution in [2.45, 2.75) is 13.0 Å². The van der Waals surface area contributed by atoms with Gasteiger partial charge in [-0.3, -0.25) is 4.79 Å². The van der Waals surface area contributed by atoms with Gasteiger partial charge in [-0.1, -0.05) is 0 Å². The Balaban J connectivity index is 3.27. The molecule has 0 unspecified atom stereocenters. The quantitative estimate of drug-likeness (QED) is 0.604. The normalized spacial score (nSPS) is 12.5. The van der Waals surface area contributed by atoms with Gasteiger partial charge in [0.15, 0.2) is 0 Å². The van der Waals surface area contributed by atoms with Gasteiger partial charge in [-0.15, -0.1) is 0 Å². The minimum Gasteiger partial charge on any atom is -0.477 e. The molecular formula is C8H10N2O3. The fraction of sp³-hybridized carbons (Fsp3) is 0.250. The zero-order valence-corrected chi connectivity index (χ0v) is 7.07. The highest BCUT2D eigenvalue weighted by atomic mass is 16.4. The van der Waals surface area contributed by atoms with Crippen LogP contribution >= 0.6 is 0 Å². The van der Waals surface area contributed by atoms with Crippen molar-refractivity contribution in [1.82, 2.24) is 4.98 Å². The highest BCUT2D eigenvalue weighted by molar-refractivity contribution is 5.87. The molecule has 0 spiro atoms. The first kappa shape index (κ1) is 9.47. The number of carboxylic acids is 1. The van der Waals surface area contributed by atoms with Crippen molar-refractivity contribution >= 4 is 5.97 Å². The average molecular weight is 182 g/mol. The number of nitrogens with two attached hydrogens (primary N) is 1. The summed E-state index contributed by atoms with van der Waals surface area (Å²) in [5, 5.41) is 8.61. The summed E-state index contributed by atoms with van der Waals surface area (Å²) < 4.78 is 0. The van der Waals surface area contributed by atoms with Gasteiger partial charge in [0.1, 0.15) is 5.56 Å². The predicted molar refractivity (Wildman–Crippen MR) is 46.6 cm³/mol. The molecule has 0 saturated carbocycles. The molecule has 0 amide bonds. The summed E-state index contributed by atoms with van der Waals surface area (Å²) in [6.07, 6.45) is 1.42. The van der Waals surface area contributed by atoms with E-state index in [0.29, 0.717) is 5.56 Å². The molecular weight excluding hydrogens is 172 g/mol. The molecule has 0 fully saturated rings. The lowest BCUT2D eigenvalue weighted by Gasteiger charge is -2.04. The number of carboxylic acid groups (broad SMARTS) is 1. The van der Waals surface area contributed by atoms with E-state index in [1.807, 2.05) is 0 Å². The van der Waals surface area contributed by atoms with Crippen molar-refractivity contribution in [3.8, 4) is 0 Å². The van der Waals surface area contributed by atoms with Gasteiger partial charge in [-0.25, -0.2) is 4.79 Å². The van der Waals surface area contributed by atoms with Gasteiger partial charge in [-0.2, -0.15) is 0 Å². The summed E-state index contributed by atoms with van der Waals surface area (Å²) in [6, 6.07) is 0.987. The zero-order chi connectivity index (χ0) is 10.0. The molecule has 0 aliphatic heterocycles. The number of nitrogens with one attached hydrogen (secondary N) is 1. The van der Waals surface area contributed by atoms with E-state index < -0.39 is 11.5 Å². The first-order chi connectivity index (χ1) is 6.02. The Kier molecular flexibility index (Phi) is 2.48. The van der Waals surface area contributed by atoms with Crippen LogP contribution in [-0.4, -0.2) is 16.1 Å². The first-order valence-corrected chi connectivity index (χ1v) is 3.74. The molecule has 0 aliphatic rings. The number of H-pyrrole nitrogens is 1. The summed E-state index contributed by atoms with van der Waals surface area (Å²) in [7, 11) is 0. The fourth-order valence-corrected chi connectivity index (χ4v) is 0.922. The molecule has 70 valence electrons. The second-order valence-corrected chi connectivity index (χ2v) is 2.77. The lowest BCUT2D eigenvalue weighted by atomic mass is 10.1. The molecule has 1 aromatic heterocycles. The molecule has 0 aliphatic carbocycles. The summed E-state index contributed by atoms with van der Waals surface area (Å²) in [6.45, 7) is 1.71. The van der Waals surface area contributed by atoms with Gasteiger partial charge in [0.05, 0.1) is 0 Å². The van der Waals surface area contributed by atoms with Crippen molar-refractivity contribution in [2.75, 3.05) is 0 Å². The van der Waals surface area contributed by atoms with E-state index in [1.165, 1.54) is 12.3 Å². The van der Waals surface area contributed by atoms with Crippen LogP contribution in [0, 0.1) is 0 Å². The largest absolute Gasteiger partial charge is 0.477 e. The number of aromatic carboxylic acids is 1. The molecule has 0 bridgehead atoms. The van der Waals surface area contributed by atoms with Crippen LogP contribution in [0.1, 0.15) is 28.9 Å². The Morgan fingerprint density at radius 3 is 2.77 bits per heavy atom. The van der Waals surface area contributed by atoms with Crippen molar-refractivity contribution < 1.29 is 9.90 Å². The minimum atomic E-state index is -1.25. The van der Waals surface area contributed by atoms with Crippen LogP contribution in [0.5, 0.6) is 0 Å². The Bertz CT molecular complexity index is 381. The van der Waals surface area contributed by atoms with Crippen molar-refractivity contribution in [3.05, 3.63) is 33.7 Å². The highest BCUT2D eigenvalue weighted by Gasteiger charge is 2.10. The lowest BCUT2D eigenvalue weighted by Crippen LogP contribution is -2.19. The van der Waals surface area contributed by atoms with Gasteiger partial charge in [-0.05, 0) is 18.6 Å². The van der Waals surface area contributed by atoms with E-state index in [-0.39, 0.29) is 11.6 Å². The van der Waals surface area contributed by atoms with E-state index in [2.05, 4.69) is 4.98 Å². The molecule has 1 heterocycles. The topological polar surface area (TPSA) is 96.2 Å². The molecule has 5 heteroatoms. The number of aromatic nitrogens is 1. The van der Waals surface area contributed by atoms with Crippen LogP contribution in [0.25, 0.3) is 0 Å². The fourth-order valence-electron chi connectivity index (χ4n) is 0.922. The van der Waals surface area contributed by atoms with E-state index in [1.54, 1.807) is 6.92 Å². The Morgan fingerprint density at radius 2 is 2.31 bits per heavy atom. The Hall–Kier alpha value is -1.62. The number of rotatable bonds is 2. The number of hydrogen-bond donors (Lipinski definition) is 3. The van der Waals surface area contributed by atoms with Gasteiger partial charge in [0.25, 0.3) is 5.56 Å². The van der Waals surface area contributed by atoms with Crippen molar-refractivity contribution in [3.63, 3.8) is 0 Å². The molecule has 5 nitrogen and oxygen atoms in total. The lowest BCUT2D eigenvalue weighted by molar-refractivity contribution is 0.0695. The van der Waals surface area contributed by atoms with Crippen molar-refractivity contribution in [1.29, 1.82) is 0 Å². The number of carbonyl (C=O) groups is 1. The summed E-state index contributed by atoms with van der Waals surface area (Å²) in [5.74, 6) is -1.25. The zero-order valence-electron chi connectivity index (χ0n) is 7.07. The van der Waals surface area contributed by atoms with Crippen LogP contribution in [0.2, 0.25) is 0 Å². The third-order valence-electron chi connectivity index (χ3n) is 1.68. The van der Waals surface area contributed by atoms with Gasteiger partial charge in [0.2, 0.25) is 0 Å². The van der Waals surface area contributed by atoms with E-state index >= 15 is 0 Å². The van der Waals surface area contributed by atoms with Crippen LogP contribution in [-0.2, 0) is 0 Å². The Morgan fingerprint density at radius 1 is 1.69 bits per heavy atom. The maximum Gasteiger partial charge on any atom is 0.341 e. The van der Waals surface area contributed by atoms with Crippen LogP contribution in [0.15, 0.2) is 17.1 Å². The average Bonchev–Trinajstić information content (AvgIpc) is 2.04. The Labute approximate surface area is 74.2 Å². The smallest absolute Gasteiger partial charge is 0.341 e. The highest BCUT2D eigenvalue weighted by Crippen LogP contribution is 2.07. The number of aromatic amines is 1. The third-order valence-corrected chi connectivity index (χ3v) is 1.68. The molecule has 0 aromatic carbocycles. The second-order valence-electron chi connectivity index (χ2n) is 2.77. The van der Waals surface area contributed by atoms with Gasteiger partial charge < -0.3 is 15.8 Å². The van der Waals surface area contributed by atoms with E-state index in [0.717, 1.165) is 0 Å². The molecule has 1 aromatic rings. The standard InChI is InChI=1S/C8H10N2O3/c1-4(9)5-2-6(8(12)13)7(11)10-3-5/h2-4H,9H2,1H3,(H,10,11)(H,12,13)/t4-/m0/s1. The molecule has 0 saturated heterocycles. The maximum absolute atomic E-state index is 11.0. The first-order valence-electron chi connectivity index (χ1n) is 3.74. The number of pyridine rings is 1. The van der Waals surface area contributed by atoms with Crippen LogP contribution in [0.4, 0.5) is 0 Å². The maximum atomic E-state index is 11.0. The van der Waals surface area contributed by atoms with Gasteiger partial charge >= 0.3 is 5.97 Å². The van der Waals surface area contributed by atoms with Gasteiger partial charge in [0, 0.05) is 12.2 Å². The van der Waals surface area contributed by atoms with Crippen molar-refractivity contribution in [2.24, 2.45) is 5.73 Å². The molecule has 1 atom stereocenters. The SMILES string of the molecule is C[C@H](N)c1c[nH]c(=O)c(C(=O)O)c1.